The molecule has 0 heterocycles. The van der Waals surface area contributed by atoms with Crippen LogP contribution in [0.3, 0.4) is 0 Å². The van der Waals surface area contributed by atoms with E-state index in [1.807, 2.05) is 19.9 Å². The van der Waals surface area contributed by atoms with Gasteiger partial charge in [0.15, 0.2) is 0 Å². The van der Waals surface area contributed by atoms with Gasteiger partial charge in [0.2, 0.25) is 0 Å². The second kappa shape index (κ2) is 4.25. The number of aryl methyl sites for hydroxylation is 2. The van der Waals surface area contributed by atoms with Crippen molar-refractivity contribution in [2.24, 2.45) is 5.41 Å². The Morgan fingerprint density at radius 2 is 1.94 bits per heavy atom. The highest BCUT2D eigenvalue weighted by Gasteiger charge is 2.34. The lowest BCUT2D eigenvalue weighted by atomic mass is 9.87. The molecule has 2 rings (SSSR count). The molecule has 1 atom stereocenters. The molecule has 1 aromatic rings. The van der Waals surface area contributed by atoms with Gasteiger partial charge in [0.25, 0.3) is 0 Å². The van der Waals surface area contributed by atoms with E-state index in [1.165, 1.54) is 24.9 Å². The van der Waals surface area contributed by atoms with Gasteiger partial charge in [-0.25, -0.2) is 0 Å². The highest BCUT2D eigenvalue weighted by molar-refractivity contribution is 5.57. The standard InChI is InChI=1S/C15H23NO/c1-10-9-13(17)11(2)8-12(10)16-14-6-5-7-15(14,3)4/h8-9,14,16-17H,5-7H2,1-4H3. The predicted molar refractivity (Wildman–Crippen MR) is 72.6 cm³/mol. The van der Waals surface area contributed by atoms with Crippen molar-refractivity contribution in [3.8, 4) is 5.75 Å². The second-order valence-corrected chi connectivity index (χ2v) is 6.03. The maximum atomic E-state index is 9.66. The summed E-state index contributed by atoms with van der Waals surface area (Å²) in [5, 5.41) is 13.3. The van der Waals surface area contributed by atoms with Crippen LogP contribution in [0.1, 0.15) is 44.2 Å². The number of benzene rings is 1. The number of anilines is 1. The van der Waals surface area contributed by atoms with E-state index in [1.54, 1.807) is 0 Å². The summed E-state index contributed by atoms with van der Waals surface area (Å²) < 4.78 is 0. The Balaban J connectivity index is 2.22. The molecular formula is C15H23NO. The normalized spacial score (nSPS) is 22.7. The Bertz CT molecular complexity index is 423. The van der Waals surface area contributed by atoms with Gasteiger partial charge in [-0.05, 0) is 55.4 Å². The first-order valence-corrected chi connectivity index (χ1v) is 6.47. The molecule has 1 fully saturated rings. The maximum Gasteiger partial charge on any atom is 0.118 e. The van der Waals surface area contributed by atoms with Crippen LogP contribution in [-0.2, 0) is 0 Å². The lowest BCUT2D eigenvalue weighted by Crippen LogP contribution is -2.31. The molecule has 1 aliphatic rings. The molecule has 94 valence electrons. The zero-order valence-corrected chi connectivity index (χ0v) is 11.3. The van der Waals surface area contributed by atoms with Crippen molar-refractivity contribution < 1.29 is 5.11 Å². The molecule has 17 heavy (non-hydrogen) atoms. The van der Waals surface area contributed by atoms with Crippen LogP contribution in [0.5, 0.6) is 5.75 Å². The SMILES string of the molecule is Cc1cc(NC2CCCC2(C)C)c(C)cc1O. The molecule has 0 bridgehead atoms. The first kappa shape index (κ1) is 12.3. The van der Waals surface area contributed by atoms with Crippen molar-refractivity contribution in [1.82, 2.24) is 0 Å². The van der Waals surface area contributed by atoms with E-state index in [0.717, 1.165) is 11.1 Å². The van der Waals surface area contributed by atoms with E-state index < -0.39 is 0 Å². The Morgan fingerprint density at radius 1 is 1.24 bits per heavy atom. The van der Waals surface area contributed by atoms with Crippen LogP contribution in [-0.4, -0.2) is 11.1 Å². The highest BCUT2D eigenvalue weighted by Crippen LogP contribution is 2.39. The van der Waals surface area contributed by atoms with Crippen LogP contribution >= 0.6 is 0 Å². The fourth-order valence-electron chi connectivity index (χ4n) is 2.74. The third-order valence-corrected chi connectivity index (χ3v) is 4.13. The number of phenolic OH excluding ortho intramolecular Hbond substituents is 1. The van der Waals surface area contributed by atoms with Crippen LogP contribution in [0.2, 0.25) is 0 Å². The number of hydrogen-bond acceptors (Lipinski definition) is 2. The average molecular weight is 233 g/mol. The van der Waals surface area contributed by atoms with E-state index in [0.29, 0.717) is 17.2 Å². The zero-order chi connectivity index (χ0) is 12.6. The van der Waals surface area contributed by atoms with Crippen LogP contribution in [0.25, 0.3) is 0 Å². The van der Waals surface area contributed by atoms with Crippen molar-refractivity contribution in [2.75, 3.05) is 5.32 Å². The minimum atomic E-state index is 0.373. The molecule has 0 aromatic heterocycles. The summed E-state index contributed by atoms with van der Waals surface area (Å²) in [5.41, 5.74) is 3.60. The molecule has 0 aliphatic heterocycles. The first-order valence-electron chi connectivity index (χ1n) is 6.47. The molecule has 1 aromatic carbocycles. The molecule has 2 N–H and O–H groups in total. The van der Waals surface area contributed by atoms with Crippen molar-refractivity contribution in [3.05, 3.63) is 23.3 Å². The van der Waals surface area contributed by atoms with Crippen molar-refractivity contribution >= 4 is 5.69 Å². The number of nitrogens with one attached hydrogen (secondary N) is 1. The monoisotopic (exact) mass is 233 g/mol. The minimum Gasteiger partial charge on any atom is -0.508 e. The molecule has 2 nitrogen and oxygen atoms in total. The third-order valence-electron chi connectivity index (χ3n) is 4.13. The molecule has 0 saturated heterocycles. The molecule has 2 heteroatoms. The van der Waals surface area contributed by atoms with E-state index in [2.05, 4.69) is 25.2 Å². The number of rotatable bonds is 2. The Kier molecular flexibility index (Phi) is 3.07. The van der Waals surface area contributed by atoms with Gasteiger partial charge in [0.05, 0.1) is 0 Å². The number of phenols is 1. The largest absolute Gasteiger partial charge is 0.508 e. The molecule has 0 amide bonds. The zero-order valence-electron chi connectivity index (χ0n) is 11.3. The molecular weight excluding hydrogens is 210 g/mol. The molecule has 0 radical (unpaired) electrons. The van der Waals surface area contributed by atoms with E-state index >= 15 is 0 Å². The molecule has 1 saturated carbocycles. The smallest absolute Gasteiger partial charge is 0.118 e. The number of hydrogen-bond donors (Lipinski definition) is 2. The lowest BCUT2D eigenvalue weighted by molar-refractivity contribution is 0.350. The average Bonchev–Trinajstić information content (AvgIpc) is 2.55. The van der Waals surface area contributed by atoms with Crippen LogP contribution in [0.15, 0.2) is 12.1 Å². The quantitative estimate of drug-likeness (QED) is 0.757. The lowest BCUT2D eigenvalue weighted by Gasteiger charge is -2.29. The second-order valence-electron chi connectivity index (χ2n) is 6.03. The summed E-state index contributed by atoms with van der Waals surface area (Å²) in [5.74, 6) is 0.388. The van der Waals surface area contributed by atoms with Gasteiger partial charge in [-0.1, -0.05) is 20.3 Å². The highest BCUT2D eigenvalue weighted by atomic mass is 16.3. The fraction of sp³-hybridized carbons (Fsp3) is 0.600. The molecule has 1 aliphatic carbocycles. The van der Waals surface area contributed by atoms with Crippen molar-refractivity contribution in [3.63, 3.8) is 0 Å². The van der Waals surface area contributed by atoms with Gasteiger partial charge < -0.3 is 10.4 Å². The van der Waals surface area contributed by atoms with Gasteiger partial charge >= 0.3 is 0 Å². The van der Waals surface area contributed by atoms with Crippen LogP contribution < -0.4 is 5.32 Å². The van der Waals surface area contributed by atoms with E-state index in [-0.39, 0.29) is 0 Å². The van der Waals surface area contributed by atoms with Crippen molar-refractivity contribution in [1.29, 1.82) is 0 Å². The molecule has 0 spiro atoms. The van der Waals surface area contributed by atoms with Crippen LogP contribution in [0, 0.1) is 19.3 Å². The number of aromatic hydroxyl groups is 1. The Hall–Kier alpha value is -1.18. The summed E-state index contributed by atoms with van der Waals surface area (Å²) in [6.45, 7) is 8.66. The van der Waals surface area contributed by atoms with E-state index in [9.17, 15) is 5.11 Å². The minimum absolute atomic E-state index is 0.373. The van der Waals surface area contributed by atoms with Gasteiger partial charge in [0, 0.05) is 11.7 Å². The van der Waals surface area contributed by atoms with Crippen LogP contribution in [0.4, 0.5) is 5.69 Å². The van der Waals surface area contributed by atoms with Gasteiger partial charge in [-0.2, -0.15) is 0 Å². The van der Waals surface area contributed by atoms with Gasteiger partial charge in [0.1, 0.15) is 5.75 Å². The Labute approximate surface area is 104 Å². The summed E-state index contributed by atoms with van der Waals surface area (Å²) >= 11 is 0. The summed E-state index contributed by atoms with van der Waals surface area (Å²) in [4.78, 5) is 0. The predicted octanol–water partition coefficient (Wildman–Crippen LogP) is 4.00. The molecule has 1 unspecified atom stereocenters. The topological polar surface area (TPSA) is 32.3 Å². The fourth-order valence-corrected chi connectivity index (χ4v) is 2.74. The maximum absolute atomic E-state index is 9.66. The summed E-state index contributed by atoms with van der Waals surface area (Å²) in [6.07, 6.45) is 3.84. The van der Waals surface area contributed by atoms with Gasteiger partial charge in [-0.15, -0.1) is 0 Å². The van der Waals surface area contributed by atoms with Crippen molar-refractivity contribution in [2.45, 2.75) is 53.0 Å². The first-order chi connectivity index (χ1) is 7.90. The van der Waals surface area contributed by atoms with Gasteiger partial charge in [-0.3, -0.25) is 0 Å². The van der Waals surface area contributed by atoms with E-state index in [4.69, 9.17) is 0 Å². The third kappa shape index (κ3) is 2.41. The Morgan fingerprint density at radius 3 is 2.53 bits per heavy atom. The summed E-state index contributed by atoms with van der Waals surface area (Å²) in [6, 6.07) is 4.45. The summed E-state index contributed by atoms with van der Waals surface area (Å²) in [7, 11) is 0.